The number of hydrogen-bond donors (Lipinski definition) is 3. The molecule has 43 heavy (non-hydrogen) atoms. The van der Waals surface area contributed by atoms with Crippen molar-refractivity contribution in [1.82, 2.24) is 20.1 Å². The van der Waals surface area contributed by atoms with Gasteiger partial charge in [0.15, 0.2) is 17.3 Å². The topological polar surface area (TPSA) is 139 Å². The Bertz CT molecular complexity index is 1680. The largest absolute Gasteiger partial charge is 0.504 e. The lowest BCUT2D eigenvalue weighted by Gasteiger charge is -2.15. The summed E-state index contributed by atoms with van der Waals surface area (Å²) in [6, 6.07) is 17.0. The molecule has 0 fully saturated rings. The smallest absolute Gasteiger partial charge is 0.222 e. The van der Waals surface area contributed by atoms with Gasteiger partial charge in [-0.05, 0) is 56.7 Å². The van der Waals surface area contributed by atoms with Gasteiger partial charge in [0.05, 0.1) is 24.4 Å². The summed E-state index contributed by atoms with van der Waals surface area (Å²) < 4.78 is 7.98. The number of amides is 1. The standard InChI is InChI=1S/C32H32ClN5O5/c1-3-34-29(41)18-26-32-37-36-19(2)38(32)27-14-13-24(17-25(27)30(35-26)20-9-11-22(33)12-10-20)43-15-5-7-23(39)16-21-6-4-8-28(40)31(21)42/h4,6,8-14,17,26,40,42H,3,5,7,15-16,18H2,1-2H3,(H,34,41)/t26-/m0/s1. The number of halogens is 1. The van der Waals surface area contributed by atoms with Gasteiger partial charge in [-0.25, -0.2) is 0 Å². The number of nitrogens with one attached hydrogen (secondary N) is 1. The quantitative estimate of drug-likeness (QED) is 0.162. The molecule has 3 N–H and O–H groups in total. The highest BCUT2D eigenvalue weighted by atomic mass is 35.5. The Morgan fingerprint density at radius 1 is 1.07 bits per heavy atom. The Morgan fingerprint density at radius 2 is 1.86 bits per heavy atom. The van der Waals surface area contributed by atoms with Crippen LogP contribution < -0.4 is 10.1 Å². The van der Waals surface area contributed by atoms with Crippen molar-refractivity contribution in [2.45, 2.75) is 45.6 Å². The van der Waals surface area contributed by atoms with Crippen LogP contribution in [-0.4, -0.2) is 55.5 Å². The van der Waals surface area contributed by atoms with Crippen LogP contribution in [0.25, 0.3) is 5.69 Å². The Labute approximate surface area is 254 Å². The molecule has 1 atom stereocenters. The number of hydrogen-bond acceptors (Lipinski definition) is 8. The summed E-state index contributed by atoms with van der Waals surface area (Å²) in [5, 5.41) is 31.8. The second-order valence-electron chi connectivity index (χ2n) is 10.2. The van der Waals surface area contributed by atoms with Crippen molar-refractivity contribution in [2.75, 3.05) is 13.2 Å². The number of Topliss-reactive ketones (excluding diaryl/α,β-unsaturated/α-hetero) is 1. The molecule has 11 heteroatoms. The van der Waals surface area contributed by atoms with Crippen LogP contribution in [0.4, 0.5) is 0 Å². The highest BCUT2D eigenvalue weighted by Gasteiger charge is 2.30. The maximum atomic E-state index is 12.7. The van der Waals surface area contributed by atoms with E-state index in [9.17, 15) is 19.8 Å². The zero-order chi connectivity index (χ0) is 30.5. The van der Waals surface area contributed by atoms with Crippen LogP contribution in [0, 0.1) is 6.92 Å². The van der Waals surface area contributed by atoms with E-state index in [1.54, 1.807) is 24.3 Å². The Kier molecular flexibility index (Phi) is 9.06. The molecule has 1 aliphatic rings. The molecule has 2 heterocycles. The minimum absolute atomic E-state index is 0.0259. The van der Waals surface area contributed by atoms with Crippen molar-refractivity contribution in [3.8, 4) is 22.9 Å². The van der Waals surface area contributed by atoms with Crippen LogP contribution >= 0.6 is 11.6 Å². The molecule has 1 amide bonds. The first-order chi connectivity index (χ1) is 20.7. The SMILES string of the molecule is CCNC(=O)C[C@@H]1N=C(c2ccc(Cl)cc2)c2cc(OCCCC(=O)Cc3cccc(O)c3O)ccc2-n2c(C)nnc21. The minimum atomic E-state index is -0.577. The number of benzene rings is 3. The molecule has 0 aliphatic carbocycles. The lowest BCUT2D eigenvalue weighted by molar-refractivity contribution is -0.121. The van der Waals surface area contributed by atoms with Gasteiger partial charge in [-0.15, -0.1) is 10.2 Å². The van der Waals surface area contributed by atoms with E-state index >= 15 is 0 Å². The number of carbonyl (C=O) groups is 2. The number of fused-ring (bicyclic) bond motifs is 3. The van der Waals surface area contributed by atoms with Gasteiger partial charge in [0.25, 0.3) is 0 Å². The van der Waals surface area contributed by atoms with Gasteiger partial charge in [0, 0.05) is 41.1 Å². The van der Waals surface area contributed by atoms with Crippen LogP contribution in [0.1, 0.15) is 60.6 Å². The van der Waals surface area contributed by atoms with Crippen molar-refractivity contribution in [3.63, 3.8) is 0 Å². The first-order valence-corrected chi connectivity index (χ1v) is 14.4. The number of phenols is 2. The average Bonchev–Trinajstić information content (AvgIpc) is 3.31. The average molecular weight is 602 g/mol. The number of phenolic OH excluding ortho intramolecular Hbond substituents is 2. The molecule has 0 saturated heterocycles. The van der Waals surface area contributed by atoms with E-state index in [1.807, 2.05) is 48.7 Å². The first-order valence-electron chi connectivity index (χ1n) is 14.1. The fourth-order valence-corrected chi connectivity index (χ4v) is 5.19. The second-order valence-corrected chi connectivity index (χ2v) is 10.7. The van der Waals surface area contributed by atoms with E-state index in [0.29, 0.717) is 53.3 Å². The summed E-state index contributed by atoms with van der Waals surface area (Å²) in [6.07, 6.45) is 0.853. The van der Waals surface area contributed by atoms with Crippen LogP contribution in [0.2, 0.25) is 5.02 Å². The number of ether oxygens (including phenoxy) is 1. The fraction of sp³-hybridized carbons (Fsp3) is 0.281. The van der Waals surface area contributed by atoms with Gasteiger partial charge in [0.1, 0.15) is 23.4 Å². The predicted octanol–water partition coefficient (Wildman–Crippen LogP) is 5.03. The lowest BCUT2D eigenvalue weighted by Crippen LogP contribution is -2.25. The molecule has 0 saturated carbocycles. The van der Waals surface area contributed by atoms with Gasteiger partial charge in [-0.1, -0.05) is 35.9 Å². The van der Waals surface area contributed by atoms with Crippen LogP contribution in [-0.2, 0) is 16.0 Å². The third-order valence-corrected chi connectivity index (χ3v) is 7.37. The molecule has 0 unspecified atom stereocenters. The number of aromatic nitrogens is 3. The summed E-state index contributed by atoms with van der Waals surface area (Å²) in [5.74, 6) is 1.10. The summed E-state index contributed by atoms with van der Waals surface area (Å²) in [5.41, 5.74) is 3.45. The zero-order valence-corrected chi connectivity index (χ0v) is 24.6. The van der Waals surface area contributed by atoms with Crippen molar-refractivity contribution >= 4 is 29.0 Å². The number of para-hydroxylation sites is 1. The summed E-state index contributed by atoms with van der Waals surface area (Å²) in [7, 11) is 0. The number of ketones is 1. The fourth-order valence-electron chi connectivity index (χ4n) is 5.07. The highest BCUT2D eigenvalue weighted by molar-refractivity contribution is 6.30. The van der Waals surface area contributed by atoms with E-state index in [4.69, 9.17) is 21.3 Å². The molecule has 4 aromatic rings. The minimum Gasteiger partial charge on any atom is -0.504 e. The van der Waals surface area contributed by atoms with Crippen molar-refractivity contribution in [3.05, 3.63) is 94.0 Å². The van der Waals surface area contributed by atoms with Crippen LogP contribution in [0.5, 0.6) is 17.2 Å². The number of nitrogens with zero attached hydrogens (tertiary/aromatic N) is 4. The number of aliphatic imine (C=N–C) groups is 1. The summed E-state index contributed by atoms with van der Waals surface area (Å²) in [4.78, 5) is 30.2. The molecular weight excluding hydrogens is 570 g/mol. The maximum Gasteiger partial charge on any atom is 0.222 e. The second kappa shape index (κ2) is 13.1. The highest BCUT2D eigenvalue weighted by Crippen LogP contribution is 2.35. The molecule has 222 valence electrons. The number of carbonyl (C=O) groups excluding carboxylic acids is 2. The van der Waals surface area contributed by atoms with Crippen molar-refractivity contribution in [1.29, 1.82) is 0 Å². The zero-order valence-electron chi connectivity index (χ0n) is 23.9. The molecule has 1 aliphatic heterocycles. The van der Waals surface area contributed by atoms with Gasteiger partial charge >= 0.3 is 0 Å². The molecular formula is C32H32ClN5O5. The third-order valence-electron chi connectivity index (χ3n) is 7.12. The van der Waals surface area contributed by atoms with Gasteiger partial charge in [-0.2, -0.15) is 0 Å². The molecule has 3 aromatic carbocycles. The van der Waals surface area contributed by atoms with Gasteiger partial charge in [0.2, 0.25) is 5.91 Å². The van der Waals surface area contributed by atoms with E-state index in [-0.39, 0.29) is 42.5 Å². The Hall–Kier alpha value is -4.70. The van der Waals surface area contributed by atoms with Crippen molar-refractivity contribution < 1.29 is 24.5 Å². The van der Waals surface area contributed by atoms with E-state index in [1.165, 1.54) is 6.07 Å². The molecule has 0 bridgehead atoms. The Morgan fingerprint density at radius 3 is 2.63 bits per heavy atom. The molecule has 0 spiro atoms. The predicted molar refractivity (Wildman–Crippen MR) is 162 cm³/mol. The van der Waals surface area contributed by atoms with Crippen molar-refractivity contribution in [2.24, 2.45) is 4.99 Å². The van der Waals surface area contributed by atoms with Gasteiger partial charge in [-0.3, -0.25) is 19.1 Å². The molecule has 10 nitrogen and oxygen atoms in total. The third kappa shape index (κ3) is 6.70. The van der Waals surface area contributed by atoms with E-state index in [2.05, 4.69) is 15.5 Å². The maximum absolute atomic E-state index is 12.7. The summed E-state index contributed by atoms with van der Waals surface area (Å²) >= 11 is 6.19. The molecule has 5 rings (SSSR count). The van der Waals surface area contributed by atoms with Crippen LogP contribution in [0.3, 0.4) is 0 Å². The lowest BCUT2D eigenvalue weighted by atomic mass is 10.00. The normalized spacial score (nSPS) is 13.8. The first kappa shape index (κ1) is 29.8. The van der Waals surface area contributed by atoms with E-state index in [0.717, 1.165) is 16.8 Å². The number of rotatable bonds is 11. The molecule has 0 radical (unpaired) electrons. The van der Waals surface area contributed by atoms with Gasteiger partial charge < -0.3 is 20.3 Å². The monoisotopic (exact) mass is 601 g/mol. The number of aryl methyl sites for hydroxylation is 1. The Balaban J connectivity index is 1.40. The van der Waals surface area contributed by atoms with Crippen LogP contribution in [0.15, 0.2) is 65.7 Å². The van der Waals surface area contributed by atoms with E-state index < -0.39 is 6.04 Å². The molecule has 1 aromatic heterocycles. The number of aromatic hydroxyl groups is 2. The summed E-state index contributed by atoms with van der Waals surface area (Å²) in [6.45, 7) is 4.53.